The van der Waals surface area contributed by atoms with Gasteiger partial charge in [-0.1, -0.05) is 6.07 Å². The summed E-state index contributed by atoms with van der Waals surface area (Å²) in [4.78, 5) is 24.4. The zero-order valence-electron chi connectivity index (χ0n) is 17.6. The van der Waals surface area contributed by atoms with Gasteiger partial charge in [0.1, 0.15) is 0 Å². The van der Waals surface area contributed by atoms with Crippen LogP contribution >= 0.6 is 0 Å². The topological polar surface area (TPSA) is 97.9 Å². The number of methoxy groups -OCH3 is 3. The van der Waals surface area contributed by atoms with Crippen molar-refractivity contribution in [1.82, 2.24) is 5.32 Å². The van der Waals surface area contributed by atoms with E-state index >= 15 is 0 Å². The number of benzene rings is 2. The molecule has 8 nitrogen and oxygen atoms in total. The molecule has 0 aliphatic heterocycles. The Kier molecular flexibility index (Phi) is 6.66. The van der Waals surface area contributed by atoms with Crippen LogP contribution in [0.15, 0.2) is 30.3 Å². The molecule has 1 fully saturated rings. The van der Waals surface area contributed by atoms with E-state index in [0.717, 1.165) is 24.0 Å². The molecule has 0 heterocycles. The molecule has 30 heavy (non-hydrogen) atoms. The molecular formula is C22H27N3O5. The SMILES string of the molecule is COc1ccc(CNC(=O)Nc2cc(NC(=O)C3CC3)ccc2C)c(OC)c1OC. The highest BCUT2D eigenvalue weighted by Gasteiger charge is 2.29. The minimum absolute atomic E-state index is 0.0230. The summed E-state index contributed by atoms with van der Waals surface area (Å²) in [5.74, 6) is 1.65. The van der Waals surface area contributed by atoms with Crippen LogP contribution in [0.4, 0.5) is 16.2 Å². The molecule has 3 rings (SSSR count). The fourth-order valence-electron chi connectivity index (χ4n) is 3.07. The molecule has 3 N–H and O–H groups in total. The minimum Gasteiger partial charge on any atom is -0.493 e. The van der Waals surface area contributed by atoms with E-state index in [2.05, 4.69) is 16.0 Å². The van der Waals surface area contributed by atoms with E-state index in [4.69, 9.17) is 14.2 Å². The fourth-order valence-corrected chi connectivity index (χ4v) is 3.07. The van der Waals surface area contributed by atoms with Gasteiger partial charge in [-0.2, -0.15) is 0 Å². The summed E-state index contributed by atoms with van der Waals surface area (Å²) in [7, 11) is 4.61. The first-order valence-corrected chi connectivity index (χ1v) is 9.71. The zero-order valence-corrected chi connectivity index (χ0v) is 17.6. The van der Waals surface area contributed by atoms with Crippen LogP contribution in [0, 0.1) is 12.8 Å². The molecule has 0 unspecified atom stereocenters. The van der Waals surface area contributed by atoms with Gasteiger partial charge in [-0.25, -0.2) is 4.79 Å². The van der Waals surface area contributed by atoms with Gasteiger partial charge in [-0.15, -0.1) is 0 Å². The van der Waals surface area contributed by atoms with Crippen molar-refractivity contribution in [3.8, 4) is 17.2 Å². The lowest BCUT2D eigenvalue weighted by Gasteiger charge is -2.16. The molecule has 1 aliphatic carbocycles. The Morgan fingerprint density at radius 2 is 1.70 bits per heavy atom. The van der Waals surface area contributed by atoms with Crippen molar-refractivity contribution in [1.29, 1.82) is 0 Å². The maximum absolute atomic E-state index is 12.5. The third kappa shape index (κ3) is 4.94. The lowest BCUT2D eigenvalue weighted by atomic mass is 10.1. The smallest absolute Gasteiger partial charge is 0.319 e. The average Bonchev–Trinajstić information content (AvgIpc) is 3.59. The van der Waals surface area contributed by atoms with Gasteiger partial charge in [0.05, 0.1) is 21.3 Å². The minimum atomic E-state index is -0.374. The molecule has 0 aromatic heterocycles. The van der Waals surface area contributed by atoms with E-state index in [0.29, 0.717) is 28.6 Å². The fraction of sp³-hybridized carbons (Fsp3) is 0.364. The second-order valence-corrected chi connectivity index (χ2v) is 7.09. The third-order valence-corrected chi connectivity index (χ3v) is 4.93. The number of carbonyl (C=O) groups is 2. The summed E-state index contributed by atoms with van der Waals surface area (Å²) < 4.78 is 16.1. The van der Waals surface area contributed by atoms with E-state index in [9.17, 15) is 9.59 Å². The van der Waals surface area contributed by atoms with Gasteiger partial charge in [0.2, 0.25) is 11.7 Å². The predicted molar refractivity (Wildman–Crippen MR) is 114 cm³/mol. The highest BCUT2D eigenvalue weighted by Crippen LogP contribution is 2.39. The van der Waals surface area contributed by atoms with E-state index < -0.39 is 0 Å². The quantitative estimate of drug-likeness (QED) is 0.613. The first kappa shape index (κ1) is 21.3. The molecular weight excluding hydrogens is 386 g/mol. The monoisotopic (exact) mass is 413 g/mol. The summed E-state index contributed by atoms with van der Waals surface area (Å²) in [6.07, 6.45) is 1.87. The van der Waals surface area contributed by atoms with Crippen LogP contribution in [0.25, 0.3) is 0 Å². The summed E-state index contributed by atoms with van der Waals surface area (Å²) in [6, 6.07) is 8.63. The Morgan fingerprint density at radius 1 is 0.967 bits per heavy atom. The highest BCUT2D eigenvalue weighted by atomic mass is 16.5. The first-order valence-electron chi connectivity index (χ1n) is 9.71. The number of anilines is 2. The standard InChI is InChI=1S/C22H27N3O5/c1-13-5-9-16(24-21(26)14-6-7-14)11-17(13)25-22(27)23-12-15-8-10-18(28-2)20(30-4)19(15)29-3/h5,8-11,14H,6-7,12H2,1-4H3,(H,24,26)(H2,23,25,27). The van der Waals surface area contributed by atoms with Gasteiger partial charge in [-0.05, 0) is 49.6 Å². The number of aryl methyl sites for hydroxylation is 1. The van der Waals surface area contributed by atoms with Gasteiger partial charge >= 0.3 is 6.03 Å². The molecule has 0 atom stereocenters. The maximum Gasteiger partial charge on any atom is 0.319 e. The molecule has 0 radical (unpaired) electrons. The molecule has 160 valence electrons. The van der Waals surface area contributed by atoms with Crippen molar-refractivity contribution in [2.45, 2.75) is 26.3 Å². The van der Waals surface area contributed by atoms with Gasteiger partial charge < -0.3 is 30.2 Å². The second kappa shape index (κ2) is 9.39. The molecule has 1 saturated carbocycles. The number of hydrogen-bond donors (Lipinski definition) is 3. The van der Waals surface area contributed by atoms with Crippen molar-refractivity contribution in [2.24, 2.45) is 5.92 Å². The lowest BCUT2D eigenvalue weighted by Crippen LogP contribution is -2.28. The molecule has 2 aromatic rings. The molecule has 8 heteroatoms. The molecule has 3 amide bonds. The van der Waals surface area contributed by atoms with Crippen molar-refractivity contribution in [3.63, 3.8) is 0 Å². The number of nitrogens with one attached hydrogen (secondary N) is 3. The Labute approximate surface area is 175 Å². The molecule has 0 saturated heterocycles. The largest absolute Gasteiger partial charge is 0.493 e. The lowest BCUT2D eigenvalue weighted by molar-refractivity contribution is -0.117. The Balaban J connectivity index is 1.65. The number of carbonyl (C=O) groups excluding carboxylic acids is 2. The van der Waals surface area contributed by atoms with Crippen LogP contribution in [0.5, 0.6) is 17.2 Å². The predicted octanol–water partition coefficient (Wildman–Crippen LogP) is 3.69. The summed E-state index contributed by atoms with van der Waals surface area (Å²) in [5, 5.41) is 8.53. The van der Waals surface area contributed by atoms with Crippen LogP contribution in [0.1, 0.15) is 24.0 Å². The van der Waals surface area contributed by atoms with Crippen molar-refractivity contribution >= 4 is 23.3 Å². The van der Waals surface area contributed by atoms with Gasteiger partial charge in [0.25, 0.3) is 0 Å². The molecule has 1 aliphatic rings. The van der Waals surface area contributed by atoms with E-state index in [1.807, 2.05) is 19.1 Å². The highest BCUT2D eigenvalue weighted by molar-refractivity contribution is 5.96. The number of rotatable bonds is 8. The normalized spacial score (nSPS) is 12.7. The van der Waals surface area contributed by atoms with Crippen LogP contribution in [-0.4, -0.2) is 33.3 Å². The van der Waals surface area contributed by atoms with E-state index in [1.54, 1.807) is 25.3 Å². The molecule has 0 bridgehead atoms. The molecule has 0 spiro atoms. The zero-order chi connectivity index (χ0) is 21.7. The molecule has 2 aromatic carbocycles. The van der Waals surface area contributed by atoms with Crippen LogP contribution < -0.4 is 30.2 Å². The number of hydrogen-bond acceptors (Lipinski definition) is 5. The van der Waals surface area contributed by atoms with Crippen molar-refractivity contribution in [2.75, 3.05) is 32.0 Å². The summed E-state index contributed by atoms with van der Waals surface area (Å²) >= 11 is 0. The van der Waals surface area contributed by atoms with Gasteiger partial charge in [-0.3, -0.25) is 4.79 Å². The maximum atomic E-state index is 12.5. The summed E-state index contributed by atoms with van der Waals surface area (Å²) in [5.41, 5.74) is 2.92. The van der Waals surface area contributed by atoms with E-state index in [1.165, 1.54) is 14.2 Å². The van der Waals surface area contributed by atoms with Gasteiger partial charge in [0, 0.05) is 29.4 Å². The van der Waals surface area contributed by atoms with E-state index in [-0.39, 0.29) is 24.4 Å². The Bertz CT molecular complexity index is 941. The Hall–Kier alpha value is -3.42. The average molecular weight is 413 g/mol. The van der Waals surface area contributed by atoms with Gasteiger partial charge in [0.15, 0.2) is 11.5 Å². The Morgan fingerprint density at radius 3 is 2.33 bits per heavy atom. The van der Waals surface area contributed by atoms with Crippen molar-refractivity contribution < 1.29 is 23.8 Å². The van der Waals surface area contributed by atoms with Crippen LogP contribution in [0.3, 0.4) is 0 Å². The summed E-state index contributed by atoms with van der Waals surface area (Å²) in [6.45, 7) is 2.12. The van der Waals surface area contributed by atoms with Crippen LogP contribution in [0.2, 0.25) is 0 Å². The first-order chi connectivity index (χ1) is 14.5. The second-order valence-electron chi connectivity index (χ2n) is 7.09. The third-order valence-electron chi connectivity index (χ3n) is 4.93. The number of amides is 3. The number of urea groups is 1. The number of ether oxygens (including phenoxy) is 3. The van der Waals surface area contributed by atoms with Crippen LogP contribution in [-0.2, 0) is 11.3 Å². The van der Waals surface area contributed by atoms with Crippen molar-refractivity contribution in [3.05, 3.63) is 41.5 Å².